The number of anilines is 1. The summed E-state index contributed by atoms with van der Waals surface area (Å²) in [5.41, 5.74) is 1.84. The Morgan fingerprint density at radius 3 is 2.93 bits per heavy atom. The Morgan fingerprint density at radius 1 is 1.25 bits per heavy atom. The number of halogens is 1. The zero-order valence-electron chi connectivity index (χ0n) is 15.6. The number of rotatable bonds is 4. The summed E-state index contributed by atoms with van der Waals surface area (Å²) < 4.78 is 11.3. The highest BCUT2D eigenvalue weighted by Gasteiger charge is 2.25. The minimum atomic E-state index is -0.0414. The molecule has 7 nitrogen and oxygen atoms in total. The van der Waals surface area contributed by atoms with Crippen molar-refractivity contribution in [3.8, 4) is 11.5 Å². The topological polar surface area (TPSA) is 75.7 Å². The van der Waals surface area contributed by atoms with Gasteiger partial charge in [-0.3, -0.25) is 14.7 Å². The Hall–Kier alpha value is -2.35. The maximum absolute atomic E-state index is 12.6. The van der Waals surface area contributed by atoms with Crippen molar-refractivity contribution in [3.05, 3.63) is 48.3 Å². The van der Waals surface area contributed by atoms with Gasteiger partial charge >= 0.3 is 0 Å². The van der Waals surface area contributed by atoms with Crippen molar-refractivity contribution in [1.29, 1.82) is 0 Å². The predicted molar refractivity (Wildman–Crippen MR) is 109 cm³/mol. The molecular weight excluding hydrogens is 380 g/mol. The first-order valence-corrected chi connectivity index (χ1v) is 9.34. The van der Waals surface area contributed by atoms with Crippen molar-refractivity contribution in [2.45, 2.75) is 12.5 Å². The molecule has 1 fully saturated rings. The normalized spacial score (nSPS) is 19.2. The molecule has 0 spiro atoms. The number of carbonyl (C=O) groups is 1. The number of amides is 1. The molecule has 0 bridgehead atoms. The monoisotopic (exact) mass is 404 g/mol. The number of nitrogens with one attached hydrogen (secondary N) is 2. The van der Waals surface area contributed by atoms with Gasteiger partial charge in [0.05, 0.1) is 19.8 Å². The average Bonchev–Trinajstić information content (AvgIpc) is 2.94. The smallest absolute Gasteiger partial charge is 0.238 e. The van der Waals surface area contributed by atoms with Crippen LogP contribution in [0.25, 0.3) is 0 Å². The summed E-state index contributed by atoms with van der Waals surface area (Å²) in [4.78, 5) is 19.0. The third-order valence-electron chi connectivity index (χ3n) is 4.80. The molecule has 2 aliphatic rings. The van der Waals surface area contributed by atoms with Crippen LogP contribution in [0.1, 0.15) is 18.0 Å². The zero-order valence-corrected chi connectivity index (χ0v) is 16.4. The molecule has 4 rings (SSSR count). The Bertz CT molecular complexity index is 790. The minimum Gasteiger partial charge on any atom is -0.490 e. The number of ether oxygens (including phenoxy) is 2. The van der Waals surface area contributed by atoms with Crippen LogP contribution in [0.3, 0.4) is 0 Å². The number of piperazine rings is 1. The molecule has 1 atom stereocenters. The number of hydrogen-bond donors (Lipinski definition) is 2. The highest BCUT2D eigenvalue weighted by molar-refractivity contribution is 5.92. The van der Waals surface area contributed by atoms with Crippen molar-refractivity contribution in [1.82, 2.24) is 15.2 Å². The number of aromatic nitrogens is 1. The van der Waals surface area contributed by atoms with Crippen LogP contribution in [0.2, 0.25) is 0 Å². The highest BCUT2D eigenvalue weighted by Crippen LogP contribution is 2.32. The van der Waals surface area contributed by atoms with Crippen LogP contribution in [-0.4, -0.2) is 55.2 Å². The number of pyridine rings is 1. The van der Waals surface area contributed by atoms with Gasteiger partial charge in [-0.25, -0.2) is 0 Å². The van der Waals surface area contributed by atoms with Crippen molar-refractivity contribution in [3.63, 3.8) is 0 Å². The van der Waals surface area contributed by atoms with E-state index in [2.05, 4.69) is 26.6 Å². The summed E-state index contributed by atoms with van der Waals surface area (Å²) in [5, 5.41) is 6.37. The van der Waals surface area contributed by atoms with Crippen LogP contribution in [0.15, 0.2) is 42.7 Å². The molecule has 3 heterocycles. The first kappa shape index (κ1) is 20.4. The number of nitrogens with zero attached hydrogens (tertiary/aromatic N) is 2. The van der Waals surface area contributed by atoms with Gasteiger partial charge < -0.3 is 20.1 Å². The van der Waals surface area contributed by atoms with Crippen LogP contribution >= 0.6 is 12.4 Å². The van der Waals surface area contributed by atoms with Gasteiger partial charge in [0.15, 0.2) is 11.5 Å². The van der Waals surface area contributed by atoms with Gasteiger partial charge in [-0.1, -0.05) is 6.07 Å². The molecule has 1 aromatic carbocycles. The molecule has 0 radical (unpaired) electrons. The van der Waals surface area contributed by atoms with E-state index in [-0.39, 0.29) is 24.4 Å². The lowest BCUT2D eigenvalue weighted by Gasteiger charge is -2.35. The Labute approximate surface area is 170 Å². The fourth-order valence-corrected chi connectivity index (χ4v) is 3.46. The molecule has 2 aliphatic heterocycles. The lowest BCUT2D eigenvalue weighted by molar-refractivity contribution is -0.118. The summed E-state index contributed by atoms with van der Waals surface area (Å²) in [6.45, 7) is 4.09. The molecule has 1 saturated heterocycles. The van der Waals surface area contributed by atoms with E-state index < -0.39 is 0 Å². The van der Waals surface area contributed by atoms with E-state index in [1.807, 2.05) is 30.5 Å². The fourth-order valence-electron chi connectivity index (χ4n) is 3.46. The first-order chi connectivity index (χ1) is 13.3. The number of carbonyl (C=O) groups excluding carboxylic acids is 1. The van der Waals surface area contributed by atoms with E-state index in [1.54, 1.807) is 6.20 Å². The highest BCUT2D eigenvalue weighted by atomic mass is 35.5. The Morgan fingerprint density at radius 2 is 2.11 bits per heavy atom. The summed E-state index contributed by atoms with van der Waals surface area (Å²) in [7, 11) is 0. The molecule has 28 heavy (non-hydrogen) atoms. The molecule has 8 heteroatoms. The van der Waals surface area contributed by atoms with Gasteiger partial charge in [0.2, 0.25) is 5.91 Å². The van der Waals surface area contributed by atoms with Crippen LogP contribution in [0, 0.1) is 0 Å². The van der Waals surface area contributed by atoms with Gasteiger partial charge in [0, 0.05) is 56.2 Å². The van der Waals surface area contributed by atoms with Crippen molar-refractivity contribution in [2.24, 2.45) is 0 Å². The largest absolute Gasteiger partial charge is 0.490 e. The molecule has 1 unspecified atom stereocenters. The molecular formula is C20H25ClN4O3. The molecule has 150 valence electrons. The lowest BCUT2D eigenvalue weighted by atomic mass is 10.1. The van der Waals surface area contributed by atoms with Gasteiger partial charge in [-0.15, -0.1) is 12.4 Å². The van der Waals surface area contributed by atoms with Crippen LogP contribution in [-0.2, 0) is 4.79 Å². The fraction of sp³-hybridized carbons (Fsp3) is 0.400. The van der Waals surface area contributed by atoms with Crippen molar-refractivity contribution in [2.75, 3.05) is 44.7 Å². The maximum Gasteiger partial charge on any atom is 0.238 e. The summed E-state index contributed by atoms with van der Waals surface area (Å²) in [5.74, 6) is 1.37. The third-order valence-corrected chi connectivity index (χ3v) is 4.80. The van der Waals surface area contributed by atoms with E-state index in [1.165, 1.54) is 0 Å². The van der Waals surface area contributed by atoms with E-state index in [0.717, 1.165) is 43.1 Å². The second-order valence-electron chi connectivity index (χ2n) is 6.74. The van der Waals surface area contributed by atoms with E-state index in [9.17, 15) is 4.79 Å². The van der Waals surface area contributed by atoms with Gasteiger partial charge in [-0.05, 0) is 23.8 Å². The number of fused-ring (bicyclic) bond motifs is 1. The summed E-state index contributed by atoms with van der Waals surface area (Å²) in [6, 6.07) is 9.65. The average molecular weight is 405 g/mol. The minimum absolute atomic E-state index is 0. The zero-order chi connectivity index (χ0) is 18.5. The Kier molecular flexibility index (Phi) is 7.08. The van der Waals surface area contributed by atoms with Crippen LogP contribution in [0.4, 0.5) is 5.69 Å². The molecule has 2 aromatic rings. The molecule has 0 aliphatic carbocycles. The number of hydrogen-bond acceptors (Lipinski definition) is 6. The van der Waals surface area contributed by atoms with Crippen molar-refractivity contribution >= 4 is 24.0 Å². The summed E-state index contributed by atoms with van der Waals surface area (Å²) >= 11 is 0. The van der Waals surface area contributed by atoms with E-state index in [4.69, 9.17) is 9.47 Å². The lowest BCUT2D eigenvalue weighted by Crippen LogP contribution is -2.48. The van der Waals surface area contributed by atoms with E-state index >= 15 is 0 Å². The predicted octanol–water partition coefficient (Wildman–Crippen LogP) is 2.25. The van der Waals surface area contributed by atoms with E-state index in [0.29, 0.717) is 25.5 Å². The van der Waals surface area contributed by atoms with Crippen LogP contribution < -0.4 is 20.1 Å². The summed E-state index contributed by atoms with van der Waals surface area (Å²) in [6.07, 6.45) is 4.49. The Balaban J connectivity index is 0.00000225. The van der Waals surface area contributed by atoms with Crippen LogP contribution in [0.5, 0.6) is 11.5 Å². The molecule has 0 saturated carbocycles. The standard InChI is InChI=1S/C20H24N4O3.ClH/c25-20(23-16-4-5-18-19(11-16)27-10-2-9-26-18)14-24-8-7-22-13-17(24)15-3-1-6-21-12-15;/h1,3-6,11-12,17,22H,2,7-10,13-14H2,(H,23,25);1H. The van der Waals surface area contributed by atoms with Gasteiger partial charge in [0.25, 0.3) is 0 Å². The van der Waals surface area contributed by atoms with Gasteiger partial charge in [-0.2, -0.15) is 0 Å². The molecule has 2 N–H and O–H groups in total. The SMILES string of the molecule is Cl.O=C(CN1CCNCC1c1cccnc1)Nc1ccc2c(c1)OCCCO2. The third kappa shape index (κ3) is 4.92. The maximum atomic E-state index is 12.6. The van der Waals surface area contributed by atoms with Crippen molar-refractivity contribution < 1.29 is 14.3 Å². The van der Waals surface area contributed by atoms with Gasteiger partial charge in [0.1, 0.15) is 0 Å². The molecule has 1 amide bonds. The second kappa shape index (κ2) is 9.73. The molecule has 1 aromatic heterocycles. The number of benzene rings is 1. The quantitative estimate of drug-likeness (QED) is 0.814. The first-order valence-electron chi connectivity index (χ1n) is 9.34. The second-order valence-corrected chi connectivity index (χ2v) is 6.74.